The topological polar surface area (TPSA) is 75.4 Å². The molecule has 1 unspecified atom stereocenters. The van der Waals surface area contributed by atoms with Gasteiger partial charge in [0.1, 0.15) is 0 Å². The highest BCUT2D eigenvalue weighted by Crippen LogP contribution is 2.16. The first-order valence-electron chi connectivity index (χ1n) is 6.51. The van der Waals surface area contributed by atoms with E-state index in [1.165, 1.54) is 12.1 Å². The maximum atomic E-state index is 12.1. The lowest BCUT2D eigenvalue weighted by atomic mass is 9.99. The summed E-state index contributed by atoms with van der Waals surface area (Å²) in [6.45, 7) is 2.54. The molecule has 0 saturated carbocycles. The van der Waals surface area contributed by atoms with Gasteiger partial charge in [-0.3, -0.25) is 0 Å². The third kappa shape index (κ3) is 3.92. The lowest BCUT2D eigenvalue weighted by Crippen LogP contribution is -2.39. The zero-order chi connectivity index (χ0) is 13.9. The molecule has 3 N–H and O–H groups in total. The van der Waals surface area contributed by atoms with Crippen molar-refractivity contribution in [3.8, 4) is 0 Å². The van der Waals surface area contributed by atoms with E-state index in [1.807, 2.05) is 0 Å². The van der Waals surface area contributed by atoms with Crippen LogP contribution in [0.1, 0.15) is 12.8 Å². The van der Waals surface area contributed by atoms with Crippen LogP contribution in [0.15, 0.2) is 29.2 Å². The smallest absolute Gasteiger partial charge is 0.240 e. The number of rotatable bonds is 4. The number of piperidine rings is 1. The lowest BCUT2D eigenvalue weighted by molar-refractivity contribution is 0.211. The van der Waals surface area contributed by atoms with Crippen LogP contribution in [0.5, 0.6) is 0 Å². The van der Waals surface area contributed by atoms with Crippen LogP contribution in [0.3, 0.4) is 0 Å². The Kier molecular flexibility index (Phi) is 4.44. The molecule has 1 heterocycles. The van der Waals surface area contributed by atoms with Crippen molar-refractivity contribution in [1.29, 1.82) is 0 Å². The van der Waals surface area contributed by atoms with Gasteiger partial charge >= 0.3 is 0 Å². The molecule has 1 aliphatic heterocycles. The first-order chi connectivity index (χ1) is 8.97. The lowest BCUT2D eigenvalue weighted by Gasteiger charge is -2.29. The maximum Gasteiger partial charge on any atom is 0.240 e. The summed E-state index contributed by atoms with van der Waals surface area (Å²) in [6, 6.07) is 6.27. The molecule has 0 bridgehead atoms. The van der Waals surface area contributed by atoms with Gasteiger partial charge in [0.05, 0.1) is 4.90 Å². The number of anilines is 1. The summed E-state index contributed by atoms with van der Waals surface area (Å²) in [5.41, 5.74) is 6.12. The Bertz CT molecular complexity index is 513. The fourth-order valence-corrected chi connectivity index (χ4v) is 3.51. The van der Waals surface area contributed by atoms with E-state index in [9.17, 15) is 8.42 Å². The van der Waals surface area contributed by atoms with Crippen LogP contribution in [-0.4, -0.2) is 40.0 Å². The van der Waals surface area contributed by atoms with Gasteiger partial charge in [-0.1, -0.05) is 0 Å². The summed E-state index contributed by atoms with van der Waals surface area (Å²) < 4.78 is 26.9. The highest BCUT2D eigenvalue weighted by Gasteiger charge is 2.20. The van der Waals surface area contributed by atoms with Gasteiger partial charge < -0.3 is 10.6 Å². The molecule has 0 aromatic heterocycles. The Morgan fingerprint density at radius 3 is 2.68 bits per heavy atom. The molecule has 0 spiro atoms. The monoisotopic (exact) mass is 283 g/mol. The molecule has 1 aliphatic rings. The molecule has 1 saturated heterocycles. The number of benzene rings is 1. The quantitative estimate of drug-likeness (QED) is 0.805. The predicted octanol–water partition coefficient (Wildman–Crippen LogP) is 0.889. The number of hydrogen-bond acceptors (Lipinski definition) is 4. The minimum absolute atomic E-state index is 0.269. The average Bonchev–Trinajstić information content (AvgIpc) is 2.37. The zero-order valence-corrected chi connectivity index (χ0v) is 12.0. The Morgan fingerprint density at radius 1 is 1.37 bits per heavy atom. The van der Waals surface area contributed by atoms with Crippen molar-refractivity contribution in [2.75, 3.05) is 32.4 Å². The Hall–Kier alpha value is -1.11. The molecule has 19 heavy (non-hydrogen) atoms. The van der Waals surface area contributed by atoms with Crippen LogP contribution in [-0.2, 0) is 10.0 Å². The van der Waals surface area contributed by atoms with Crippen LogP contribution in [0.4, 0.5) is 5.69 Å². The summed E-state index contributed by atoms with van der Waals surface area (Å²) in [4.78, 5) is 2.51. The van der Waals surface area contributed by atoms with E-state index in [4.69, 9.17) is 5.73 Å². The average molecular weight is 283 g/mol. The molecule has 5 nitrogen and oxygen atoms in total. The minimum Gasteiger partial charge on any atom is -0.399 e. The standard InChI is InChI=1S/C13H21N3O2S/c1-16-8-2-3-11(10-16)9-15-19(17,18)13-6-4-12(14)5-7-13/h4-7,11,15H,2-3,8-10,14H2,1H3. The van der Waals surface area contributed by atoms with Crippen LogP contribution in [0.2, 0.25) is 0 Å². The molecule has 0 amide bonds. The van der Waals surface area contributed by atoms with Crippen LogP contribution in [0.25, 0.3) is 0 Å². The summed E-state index contributed by atoms with van der Waals surface area (Å²) in [5.74, 6) is 0.391. The van der Waals surface area contributed by atoms with E-state index in [0.29, 0.717) is 18.2 Å². The normalized spacial score (nSPS) is 21.4. The fourth-order valence-electron chi connectivity index (χ4n) is 2.40. The second kappa shape index (κ2) is 5.90. The number of nitrogens with one attached hydrogen (secondary N) is 1. The maximum absolute atomic E-state index is 12.1. The highest BCUT2D eigenvalue weighted by atomic mass is 32.2. The minimum atomic E-state index is -3.42. The molecule has 6 heteroatoms. The molecule has 1 atom stereocenters. The van der Waals surface area contributed by atoms with Gasteiger partial charge in [0.15, 0.2) is 0 Å². The molecule has 0 radical (unpaired) electrons. The van der Waals surface area contributed by atoms with Crippen molar-refractivity contribution in [2.45, 2.75) is 17.7 Å². The van der Waals surface area contributed by atoms with Crippen LogP contribution < -0.4 is 10.5 Å². The SMILES string of the molecule is CN1CCCC(CNS(=O)(=O)c2ccc(N)cc2)C1. The third-order valence-electron chi connectivity index (χ3n) is 3.47. The Morgan fingerprint density at radius 2 is 2.05 bits per heavy atom. The summed E-state index contributed by atoms with van der Waals surface area (Å²) in [6.07, 6.45) is 2.21. The van der Waals surface area contributed by atoms with Gasteiger partial charge in [-0.25, -0.2) is 13.1 Å². The molecule has 1 aromatic rings. The van der Waals surface area contributed by atoms with Gasteiger partial charge in [0.2, 0.25) is 10.0 Å². The van der Waals surface area contributed by atoms with Crippen molar-refractivity contribution < 1.29 is 8.42 Å². The number of nitrogen functional groups attached to an aromatic ring is 1. The van der Waals surface area contributed by atoms with Crippen molar-refractivity contribution in [1.82, 2.24) is 9.62 Å². The molecule has 1 aromatic carbocycles. The van der Waals surface area contributed by atoms with Gasteiger partial charge in [-0.05, 0) is 56.6 Å². The predicted molar refractivity (Wildman–Crippen MR) is 76.3 cm³/mol. The molecular formula is C13H21N3O2S. The van der Waals surface area contributed by atoms with Gasteiger partial charge in [-0.15, -0.1) is 0 Å². The summed E-state index contributed by atoms with van der Waals surface area (Å²) >= 11 is 0. The number of nitrogens with two attached hydrogens (primary N) is 1. The number of hydrogen-bond donors (Lipinski definition) is 2. The zero-order valence-electron chi connectivity index (χ0n) is 11.2. The molecule has 1 fully saturated rings. The Labute approximate surface area is 114 Å². The highest BCUT2D eigenvalue weighted by molar-refractivity contribution is 7.89. The van der Waals surface area contributed by atoms with Crippen molar-refractivity contribution in [3.05, 3.63) is 24.3 Å². The van der Waals surface area contributed by atoms with Gasteiger partial charge in [0.25, 0.3) is 0 Å². The number of likely N-dealkylation sites (tertiary alicyclic amines) is 1. The molecule has 0 aliphatic carbocycles. The fraction of sp³-hybridized carbons (Fsp3) is 0.538. The van der Waals surface area contributed by atoms with E-state index in [2.05, 4.69) is 16.7 Å². The summed E-state index contributed by atoms with van der Waals surface area (Å²) in [7, 11) is -1.35. The van der Waals surface area contributed by atoms with Crippen molar-refractivity contribution >= 4 is 15.7 Å². The van der Waals surface area contributed by atoms with Crippen molar-refractivity contribution in [2.24, 2.45) is 5.92 Å². The van der Waals surface area contributed by atoms with E-state index in [-0.39, 0.29) is 4.90 Å². The van der Waals surface area contributed by atoms with E-state index >= 15 is 0 Å². The molecular weight excluding hydrogens is 262 g/mol. The molecule has 2 rings (SSSR count). The molecule has 106 valence electrons. The first kappa shape index (κ1) is 14.3. The van der Waals surface area contributed by atoms with E-state index in [0.717, 1.165) is 25.9 Å². The van der Waals surface area contributed by atoms with Crippen molar-refractivity contribution in [3.63, 3.8) is 0 Å². The van der Waals surface area contributed by atoms with E-state index < -0.39 is 10.0 Å². The number of nitrogens with zero attached hydrogens (tertiary/aromatic N) is 1. The van der Waals surface area contributed by atoms with Gasteiger partial charge in [0, 0.05) is 18.8 Å². The van der Waals surface area contributed by atoms with Crippen LogP contribution >= 0.6 is 0 Å². The van der Waals surface area contributed by atoms with Crippen LogP contribution in [0, 0.1) is 5.92 Å². The third-order valence-corrected chi connectivity index (χ3v) is 4.91. The largest absolute Gasteiger partial charge is 0.399 e. The Balaban J connectivity index is 1.96. The second-order valence-corrected chi connectivity index (χ2v) is 6.96. The van der Waals surface area contributed by atoms with E-state index in [1.54, 1.807) is 12.1 Å². The second-order valence-electron chi connectivity index (χ2n) is 5.19. The first-order valence-corrected chi connectivity index (χ1v) is 7.99. The summed E-state index contributed by atoms with van der Waals surface area (Å²) in [5, 5.41) is 0. The van der Waals surface area contributed by atoms with Gasteiger partial charge in [-0.2, -0.15) is 0 Å². The number of sulfonamides is 1.